The van der Waals surface area contributed by atoms with Crippen LogP contribution in [0.15, 0.2) is 0 Å². The zero-order chi connectivity index (χ0) is 16.1. The van der Waals surface area contributed by atoms with Crippen LogP contribution in [0.2, 0.25) is 0 Å². The monoisotopic (exact) mass is 321 g/mol. The molecule has 5 heteroatoms. The Kier molecular flexibility index (Phi) is 5.92. The van der Waals surface area contributed by atoms with Gasteiger partial charge in [0.15, 0.2) is 0 Å². The normalized spacial score (nSPS) is 32.4. The Bertz CT molecular complexity index is 406. The van der Waals surface area contributed by atoms with Crippen LogP contribution in [0.5, 0.6) is 0 Å². The summed E-state index contributed by atoms with van der Waals surface area (Å²) < 4.78 is 0. The molecule has 3 N–H and O–H groups in total. The molecule has 0 aromatic heterocycles. The molecular weight excluding hydrogens is 290 g/mol. The first-order valence-corrected chi connectivity index (χ1v) is 9.54. The highest BCUT2D eigenvalue weighted by molar-refractivity contribution is 5.80. The standard InChI is InChI=1S/C18H31N3O2/c22-17(13-4-1-2-5-13)20-15-9-7-14(8-10-15)18(23)21-16-6-3-11-19-12-16/h13-16,19H,1-12H2,(H,20,22)(H,21,23). The first-order valence-electron chi connectivity index (χ1n) is 9.54. The summed E-state index contributed by atoms with van der Waals surface area (Å²) in [6.07, 6.45) is 10.4. The van der Waals surface area contributed by atoms with E-state index in [-0.39, 0.29) is 29.7 Å². The lowest BCUT2D eigenvalue weighted by molar-refractivity contribution is -0.127. The zero-order valence-electron chi connectivity index (χ0n) is 14.1. The van der Waals surface area contributed by atoms with Crippen LogP contribution in [-0.4, -0.2) is 37.0 Å². The number of rotatable bonds is 4. The molecule has 1 atom stereocenters. The maximum atomic E-state index is 12.4. The molecule has 23 heavy (non-hydrogen) atoms. The average Bonchev–Trinajstić information content (AvgIpc) is 3.11. The molecule has 1 saturated heterocycles. The van der Waals surface area contributed by atoms with Gasteiger partial charge in [0, 0.05) is 30.5 Å². The van der Waals surface area contributed by atoms with E-state index in [1.54, 1.807) is 0 Å². The smallest absolute Gasteiger partial charge is 0.223 e. The zero-order valence-corrected chi connectivity index (χ0v) is 14.1. The van der Waals surface area contributed by atoms with Crippen molar-refractivity contribution in [1.82, 2.24) is 16.0 Å². The maximum absolute atomic E-state index is 12.4. The molecule has 3 rings (SSSR count). The van der Waals surface area contributed by atoms with Gasteiger partial charge in [-0.25, -0.2) is 0 Å². The van der Waals surface area contributed by atoms with Crippen molar-refractivity contribution in [2.75, 3.05) is 13.1 Å². The highest BCUT2D eigenvalue weighted by Gasteiger charge is 2.30. The van der Waals surface area contributed by atoms with Gasteiger partial charge in [-0.15, -0.1) is 0 Å². The third kappa shape index (κ3) is 4.69. The average molecular weight is 321 g/mol. The fraction of sp³-hybridized carbons (Fsp3) is 0.889. The Balaban J connectivity index is 1.37. The second-order valence-electron chi connectivity index (χ2n) is 7.59. The van der Waals surface area contributed by atoms with Crippen LogP contribution < -0.4 is 16.0 Å². The van der Waals surface area contributed by atoms with Crippen molar-refractivity contribution >= 4 is 11.8 Å². The first kappa shape index (κ1) is 16.7. The van der Waals surface area contributed by atoms with Gasteiger partial charge in [0.25, 0.3) is 0 Å². The van der Waals surface area contributed by atoms with Crippen LogP contribution in [0.4, 0.5) is 0 Å². The number of amides is 2. The largest absolute Gasteiger partial charge is 0.353 e. The number of piperidine rings is 1. The number of carbonyl (C=O) groups excluding carboxylic acids is 2. The summed E-state index contributed by atoms with van der Waals surface area (Å²) in [6.45, 7) is 1.97. The summed E-state index contributed by atoms with van der Waals surface area (Å²) in [6, 6.07) is 0.583. The highest BCUT2D eigenvalue weighted by Crippen LogP contribution is 2.28. The maximum Gasteiger partial charge on any atom is 0.223 e. The SMILES string of the molecule is O=C(NC1CCC(C(=O)NC2CCCNC2)CC1)C1CCCC1. The predicted octanol–water partition coefficient (Wildman–Crippen LogP) is 1.72. The van der Waals surface area contributed by atoms with Gasteiger partial charge in [-0.3, -0.25) is 9.59 Å². The fourth-order valence-corrected chi connectivity index (χ4v) is 4.30. The molecule has 1 heterocycles. The first-order chi connectivity index (χ1) is 11.2. The number of nitrogens with one attached hydrogen (secondary N) is 3. The lowest BCUT2D eigenvalue weighted by Crippen LogP contribution is -2.48. The summed E-state index contributed by atoms with van der Waals surface area (Å²) >= 11 is 0. The Morgan fingerprint density at radius 1 is 0.696 bits per heavy atom. The minimum atomic E-state index is 0.136. The quantitative estimate of drug-likeness (QED) is 0.738. The minimum Gasteiger partial charge on any atom is -0.353 e. The molecular formula is C18H31N3O2. The molecule has 0 bridgehead atoms. The molecule has 1 aliphatic heterocycles. The highest BCUT2D eigenvalue weighted by atomic mass is 16.2. The van der Waals surface area contributed by atoms with Gasteiger partial charge < -0.3 is 16.0 Å². The Hall–Kier alpha value is -1.10. The van der Waals surface area contributed by atoms with E-state index in [0.29, 0.717) is 6.04 Å². The summed E-state index contributed by atoms with van der Waals surface area (Å²) in [7, 11) is 0. The molecule has 3 aliphatic rings. The van der Waals surface area contributed by atoms with Crippen LogP contribution in [0.3, 0.4) is 0 Å². The van der Waals surface area contributed by atoms with Gasteiger partial charge in [0.2, 0.25) is 11.8 Å². The van der Waals surface area contributed by atoms with Crippen LogP contribution >= 0.6 is 0 Å². The minimum absolute atomic E-state index is 0.136. The Labute approximate surface area is 139 Å². The summed E-state index contributed by atoms with van der Waals surface area (Å²) in [5, 5.41) is 9.76. The lowest BCUT2D eigenvalue weighted by Gasteiger charge is -2.31. The van der Waals surface area contributed by atoms with Gasteiger partial charge >= 0.3 is 0 Å². The number of hydrogen-bond acceptors (Lipinski definition) is 3. The van der Waals surface area contributed by atoms with Gasteiger partial charge in [-0.1, -0.05) is 12.8 Å². The molecule has 130 valence electrons. The van der Waals surface area contributed by atoms with Gasteiger partial charge in [-0.05, 0) is 57.9 Å². The van der Waals surface area contributed by atoms with Crippen LogP contribution in [0, 0.1) is 11.8 Å². The summed E-state index contributed by atoms with van der Waals surface area (Å²) in [4.78, 5) is 24.6. The number of carbonyl (C=O) groups is 2. The van der Waals surface area contributed by atoms with Crippen molar-refractivity contribution in [3.8, 4) is 0 Å². The van der Waals surface area contributed by atoms with Gasteiger partial charge in [-0.2, -0.15) is 0 Å². The molecule has 2 amide bonds. The third-order valence-corrected chi connectivity index (χ3v) is 5.81. The molecule has 3 fully saturated rings. The van der Waals surface area contributed by atoms with E-state index in [4.69, 9.17) is 0 Å². The molecule has 5 nitrogen and oxygen atoms in total. The fourth-order valence-electron chi connectivity index (χ4n) is 4.30. The molecule has 0 radical (unpaired) electrons. The van der Waals surface area contributed by atoms with Crippen LogP contribution in [0.1, 0.15) is 64.2 Å². The molecule has 1 unspecified atom stereocenters. The van der Waals surface area contributed by atoms with Gasteiger partial charge in [0.05, 0.1) is 0 Å². The summed E-state index contributed by atoms with van der Waals surface area (Å²) in [5.41, 5.74) is 0. The van der Waals surface area contributed by atoms with E-state index in [1.807, 2.05) is 0 Å². The molecule has 2 saturated carbocycles. The van der Waals surface area contributed by atoms with E-state index in [2.05, 4.69) is 16.0 Å². The summed E-state index contributed by atoms with van der Waals surface area (Å²) in [5.74, 6) is 0.856. The van der Waals surface area contributed by atoms with Crippen molar-refractivity contribution in [3.63, 3.8) is 0 Å². The molecule has 2 aliphatic carbocycles. The van der Waals surface area contributed by atoms with E-state index >= 15 is 0 Å². The Morgan fingerprint density at radius 3 is 1.91 bits per heavy atom. The predicted molar refractivity (Wildman–Crippen MR) is 89.9 cm³/mol. The van der Waals surface area contributed by atoms with Crippen molar-refractivity contribution in [2.45, 2.75) is 76.3 Å². The van der Waals surface area contributed by atoms with Crippen molar-refractivity contribution < 1.29 is 9.59 Å². The van der Waals surface area contributed by atoms with E-state index in [9.17, 15) is 9.59 Å². The van der Waals surface area contributed by atoms with Crippen molar-refractivity contribution in [1.29, 1.82) is 0 Å². The number of hydrogen-bond donors (Lipinski definition) is 3. The lowest BCUT2D eigenvalue weighted by atomic mass is 9.85. The van der Waals surface area contributed by atoms with E-state index in [0.717, 1.165) is 64.5 Å². The van der Waals surface area contributed by atoms with Crippen molar-refractivity contribution in [2.24, 2.45) is 11.8 Å². The molecule has 0 aromatic carbocycles. The Morgan fingerprint density at radius 2 is 1.30 bits per heavy atom. The van der Waals surface area contributed by atoms with E-state index in [1.165, 1.54) is 12.8 Å². The second-order valence-corrected chi connectivity index (χ2v) is 7.59. The van der Waals surface area contributed by atoms with Gasteiger partial charge in [0.1, 0.15) is 0 Å². The van der Waals surface area contributed by atoms with Crippen LogP contribution in [0.25, 0.3) is 0 Å². The second kappa shape index (κ2) is 8.13. The third-order valence-electron chi connectivity index (χ3n) is 5.81. The van der Waals surface area contributed by atoms with Crippen LogP contribution in [-0.2, 0) is 9.59 Å². The molecule has 0 aromatic rings. The molecule has 0 spiro atoms. The van der Waals surface area contributed by atoms with E-state index < -0.39 is 0 Å². The topological polar surface area (TPSA) is 70.2 Å². The van der Waals surface area contributed by atoms with Crippen molar-refractivity contribution in [3.05, 3.63) is 0 Å².